The summed E-state index contributed by atoms with van der Waals surface area (Å²) in [5.41, 5.74) is 9.02. The number of benzene rings is 1. The number of nitrogens with two attached hydrogens (primary N) is 1. The van der Waals surface area contributed by atoms with Crippen molar-refractivity contribution in [3.63, 3.8) is 0 Å². The van der Waals surface area contributed by atoms with E-state index in [2.05, 4.69) is 29.4 Å². The van der Waals surface area contributed by atoms with Gasteiger partial charge >= 0.3 is 0 Å². The van der Waals surface area contributed by atoms with Gasteiger partial charge in [0.25, 0.3) is 0 Å². The van der Waals surface area contributed by atoms with Gasteiger partial charge in [-0.05, 0) is 44.6 Å². The Morgan fingerprint density at radius 3 is 2.87 bits per heavy atom. The van der Waals surface area contributed by atoms with Gasteiger partial charge < -0.3 is 16.0 Å². The maximum Gasteiger partial charge on any atom is 0.0400 e. The van der Waals surface area contributed by atoms with E-state index >= 15 is 0 Å². The van der Waals surface area contributed by atoms with Gasteiger partial charge in [-0.2, -0.15) is 0 Å². The van der Waals surface area contributed by atoms with E-state index in [4.69, 9.17) is 5.73 Å². The van der Waals surface area contributed by atoms with Crippen LogP contribution in [0.15, 0.2) is 18.2 Å². The molecule has 0 spiro atoms. The molecule has 1 unspecified atom stereocenters. The minimum atomic E-state index is 0.567. The normalized spacial score (nSPS) is 21.9. The number of likely N-dealkylation sites (N-methyl/N-ethyl adjacent to an activating group) is 1. The number of nitrogen functional groups attached to an aromatic ring is 1. The van der Waals surface area contributed by atoms with Crippen molar-refractivity contribution in [2.75, 3.05) is 31.2 Å². The Morgan fingerprint density at radius 2 is 2.27 bits per heavy atom. The summed E-state index contributed by atoms with van der Waals surface area (Å²) in [7, 11) is 2.16. The lowest BCUT2D eigenvalue weighted by Gasteiger charge is -2.15. The first-order valence-electron chi connectivity index (χ1n) is 5.46. The van der Waals surface area contributed by atoms with Gasteiger partial charge in [0.2, 0.25) is 0 Å². The molecular formula is C12H19N3. The van der Waals surface area contributed by atoms with E-state index in [1.807, 2.05) is 13.0 Å². The molecule has 0 amide bonds. The second-order valence-electron chi connectivity index (χ2n) is 4.46. The highest BCUT2D eigenvalue weighted by Crippen LogP contribution is 2.19. The van der Waals surface area contributed by atoms with Crippen LogP contribution in [0, 0.1) is 6.92 Å². The van der Waals surface area contributed by atoms with Crippen LogP contribution in [0.2, 0.25) is 0 Å². The molecule has 3 N–H and O–H groups in total. The maximum absolute atomic E-state index is 5.87. The van der Waals surface area contributed by atoms with Crippen LogP contribution < -0.4 is 11.1 Å². The van der Waals surface area contributed by atoms with Crippen LogP contribution >= 0.6 is 0 Å². The third-order valence-corrected chi connectivity index (χ3v) is 3.04. The monoisotopic (exact) mass is 205 g/mol. The molecule has 3 nitrogen and oxygen atoms in total. The molecule has 15 heavy (non-hydrogen) atoms. The quantitative estimate of drug-likeness (QED) is 0.722. The van der Waals surface area contributed by atoms with Crippen molar-refractivity contribution in [3.05, 3.63) is 23.8 Å². The van der Waals surface area contributed by atoms with Gasteiger partial charge in [-0.25, -0.2) is 0 Å². The van der Waals surface area contributed by atoms with Crippen LogP contribution in [-0.4, -0.2) is 31.1 Å². The van der Waals surface area contributed by atoms with Crippen LogP contribution in [0.5, 0.6) is 0 Å². The molecule has 3 heteroatoms. The van der Waals surface area contributed by atoms with Gasteiger partial charge in [0, 0.05) is 24.0 Å². The Labute approximate surface area is 91.3 Å². The Kier molecular flexibility index (Phi) is 2.82. The highest BCUT2D eigenvalue weighted by atomic mass is 15.2. The van der Waals surface area contributed by atoms with Crippen LogP contribution in [0.3, 0.4) is 0 Å². The lowest BCUT2D eigenvalue weighted by molar-refractivity contribution is 0.414. The Balaban J connectivity index is 2.02. The molecule has 1 aliphatic heterocycles. The molecule has 1 saturated heterocycles. The smallest absolute Gasteiger partial charge is 0.0400 e. The van der Waals surface area contributed by atoms with Crippen molar-refractivity contribution < 1.29 is 0 Å². The summed E-state index contributed by atoms with van der Waals surface area (Å²) in [6.07, 6.45) is 1.21. The van der Waals surface area contributed by atoms with E-state index < -0.39 is 0 Å². The Morgan fingerprint density at radius 1 is 1.47 bits per heavy atom. The van der Waals surface area contributed by atoms with E-state index in [9.17, 15) is 0 Å². The van der Waals surface area contributed by atoms with E-state index in [0.717, 1.165) is 23.5 Å². The Hall–Kier alpha value is -1.22. The summed E-state index contributed by atoms with van der Waals surface area (Å²) < 4.78 is 0. The third kappa shape index (κ3) is 2.42. The number of nitrogens with one attached hydrogen (secondary N) is 1. The summed E-state index contributed by atoms with van der Waals surface area (Å²) in [4.78, 5) is 2.34. The van der Waals surface area contributed by atoms with Gasteiger partial charge in [0.15, 0.2) is 0 Å². The summed E-state index contributed by atoms with van der Waals surface area (Å²) in [6, 6.07) is 6.76. The average molecular weight is 205 g/mol. The van der Waals surface area contributed by atoms with Crippen LogP contribution in [0.25, 0.3) is 0 Å². The number of hydrogen-bond donors (Lipinski definition) is 2. The summed E-state index contributed by atoms with van der Waals surface area (Å²) in [5.74, 6) is 0. The predicted molar refractivity (Wildman–Crippen MR) is 65.1 cm³/mol. The highest BCUT2D eigenvalue weighted by molar-refractivity contribution is 5.58. The SMILES string of the molecule is Cc1ccc(NC2CCN(C)C2)cc1N. The lowest BCUT2D eigenvalue weighted by Crippen LogP contribution is -2.23. The zero-order chi connectivity index (χ0) is 10.8. The molecule has 0 saturated carbocycles. The standard InChI is InChI=1S/C12H19N3/c1-9-3-4-10(7-12(9)13)14-11-5-6-15(2)8-11/h3-4,7,11,14H,5-6,8,13H2,1-2H3. The van der Waals surface area contributed by atoms with Crippen LogP contribution in [-0.2, 0) is 0 Å². The Bertz CT molecular complexity index is 349. The van der Waals surface area contributed by atoms with E-state index in [-0.39, 0.29) is 0 Å². The molecule has 1 aromatic carbocycles. The molecule has 0 bridgehead atoms. The molecule has 1 aliphatic rings. The summed E-state index contributed by atoms with van der Waals surface area (Å²) >= 11 is 0. The second kappa shape index (κ2) is 4.11. The topological polar surface area (TPSA) is 41.3 Å². The molecule has 0 radical (unpaired) electrons. The average Bonchev–Trinajstić information content (AvgIpc) is 2.58. The maximum atomic E-state index is 5.87. The number of nitrogens with zero attached hydrogens (tertiary/aromatic N) is 1. The van der Waals surface area contributed by atoms with Crippen molar-refractivity contribution in [1.82, 2.24) is 4.90 Å². The van der Waals surface area contributed by atoms with Gasteiger partial charge in [0.05, 0.1) is 0 Å². The molecular weight excluding hydrogens is 186 g/mol. The van der Waals surface area contributed by atoms with Gasteiger partial charge in [-0.3, -0.25) is 0 Å². The minimum Gasteiger partial charge on any atom is -0.398 e. The number of hydrogen-bond acceptors (Lipinski definition) is 3. The van der Waals surface area contributed by atoms with Gasteiger partial charge in [0.1, 0.15) is 0 Å². The minimum absolute atomic E-state index is 0.567. The first-order valence-corrected chi connectivity index (χ1v) is 5.46. The molecule has 1 heterocycles. The molecule has 0 aromatic heterocycles. The van der Waals surface area contributed by atoms with Crippen molar-refractivity contribution in [3.8, 4) is 0 Å². The zero-order valence-corrected chi connectivity index (χ0v) is 9.46. The largest absolute Gasteiger partial charge is 0.398 e. The highest BCUT2D eigenvalue weighted by Gasteiger charge is 2.18. The molecule has 82 valence electrons. The molecule has 1 aromatic rings. The van der Waals surface area contributed by atoms with Crippen molar-refractivity contribution in [2.45, 2.75) is 19.4 Å². The molecule has 2 rings (SSSR count). The molecule has 0 aliphatic carbocycles. The van der Waals surface area contributed by atoms with Crippen molar-refractivity contribution in [2.24, 2.45) is 0 Å². The second-order valence-corrected chi connectivity index (χ2v) is 4.46. The van der Waals surface area contributed by atoms with E-state index in [1.54, 1.807) is 0 Å². The first-order chi connectivity index (χ1) is 7.15. The zero-order valence-electron chi connectivity index (χ0n) is 9.46. The third-order valence-electron chi connectivity index (χ3n) is 3.04. The van der Waals surface area contributed by atoms with E-state index in [1.165, 1.54) is 13.0 Å². The fourth-order valence-corrected chi connectivity index (χ4v) is 2.02. The number of aryl methyl sites for hydroxylation is 1. The lowest BCUT2D eigenvalue weighted by atomic mass is 10.1. The fraction of sp³-hybridized carbons (Fsp3) is 0.500. The summed E-state index contributed by atoms with van der Waals surface area (Å²) in [6.45, 7) is 4.33. The number of likely N-dealkylation sites (tertiary alicyclic amines) is 1. The fourth-order valence-electron chi connectivity index (χ4n) is 2.02. The number of rotatable bonds is 2. The molecule has 1 fully saturated rings. The van der Waals surface area contributed by atoms with Gasteiger partial charge in [-0.1, -0.05) is 6.07 Å². The molecule has 1 atom stereocenters. The van der Waals surface area contributed by atoms with Crippen molar-refractivity contribution >= 4 is 11.4 Å². The van der Waals surface area contributed by atoms with Gasteiger partial charge in [-0.15, -0.1) is 0 Å². The van der Waals surface area contributed by atoms with Crippen LogP contribution in [0.4, 0.5) is 11.4 Å². The summed E-state index contributed by atoms with van der Waals surface area (Å²) in [5, 5.41) is 3.52. The van der Waals surface area contributed by atoms with Crippen molar-refractivity contribution in [1.29, 1.82) is 0 Å². The van der Waals surface area contributed by atoms with E-state index in [0.29, 0.717) is 6.04 Å². The van der Waals surface area contributed by atoms with Crippen LogP contribution in [0.1, 0.15) is 12.0 Å². The predicted octanol–water partition coefficient (Wildman–Crippen LogP) is 1.69. The first kappa shape index (κ1) is 10.3. The number of anilines is 2.